The predicted octanol–water partition coefficient (Wildman–Crippen LogP) is 0.954. The molecule has 0 bridgehead atoms. The van der Waals surface area contributed by atoms with Crippen molar-refractivity contribution in [3.8, 4) is 0 Å². The molecule has 0 unspecified atom stereocenters. The minimum absolute atomic E-state index is 0.000817. The van der Waals surface area contributed by atoms with Crippen LogP contribution in [0.1, 0.15) is 13.8 Å². The van der Waals surface area contributed by atoms with Gasteiger partial charge in [-0.15, -0.1) is 23.5 Å². The Labute approximate surface area is 170 Å². The Balaban J connectivity index is 1.81. The fourth-order valence-corrected chi connectivity index (χ4v) is 5.90. The monoisotopic (exact) mass is 424 g/mol. The molecule has 2 saturated heterocycles. The van der Waals surface area contributed by atoms with E-state index >= 15 is 0 Å². The number of esters is 1. The van der Waals surface area contributed by atoms with Crippen molar-refractivity contribution in [2.45, 2.75) is 40.4 Å². The third-order valence-corrected chi connectivity index (χ3v) is 7.38. The lowest BCUT2D eigenvalue weighted by atomic mass is 9.84. The molecule has 0 radical (unpaired) electrons. The Hall–Kier alpha value is -2.20. The van der Waals surface area contributed by atoms with Crippen molar-refractivity contribution in [2.75, 3.05) is 12.9 Å². The average Bonchev–Trinajstić information content (AvgIpc) is 2.93. The number of nitrogens with one attached hydrogen (secondary N) is 1. The van der Waals surface area contributed by atoms with Crippen LogP contribution in [0, 0.1) is 0 Å². The number of rotatable bonds is 6. The number of carboxylic acid groups (broad SMARTS) is 1. The van der Waals surface area contributed by atoms with Crippen molar-refractivity contribution in [1.82, 2.24) is 10.2 Å². The normalized spacial score (nSPS) is 27.5. The topological polar surface area (TPSA) is 113 Å². The summed E-state index contributed by atoms with van der Waals surface area (Å²) in [7, 11) is 1.13. The van der Waals surface area contributed by atoms with Crippen molar-refractivity contribution in [3.63, 3.8) is 0 Å². The van der Waals surface area contributed by atoms with E-state index in [0.29, 0.717) is 0 Å². The second-order valence-electron chi connectivity index (χ2n) is 6.98. The number of hydrogen-bond donors (Lipinski definition) is 2. The Morgan fingerprint density at radius 2 is 1.93 bits per heavy atom. The summed E-state index contributed by atoms with van der Waals surface area (Å²) < 4.78 is 3.97. The molecule has 1 aromatic rings. The lowest BCUT2D eigenvalue weighted by Crippen LogP contribution is -2.83. The standard InChI is InChI=1S/C18H20N2O6S2/c1-17(2)12(13(22)23)20-14(24)18(15(20)28-17,16(25)26-3)19-11(21)9-27-10-7-5-4-6-8-10/h4-8,12,15H,9H2,1-3H3,(H,19,21)(H,22,23)/t12-,15+,18-/m0/s1. The molecule has 1 aromatic carbocycles. The van der Waals surface area contributed by atoms with E-state index < -0.39 is 45.5 Å². The van der Waals surface area contributed by atoms with Crippen LogP contribution in [0.4, 0.5) is 0 Å². The molecule has 3 rings (SSSR count). The first kappa shape index (κ1) is 20.5. The summed E-state index contributed by atoms with van der Waals surface area (Å²) in [5.74, 6) is -3.32. The third kappa shape index (κ3) is 3.14. The Morgan fingerprint density at radius 1 is 1.29 bits per heavy atom. The van der Waals surface area contributed by atoms with Gasteiger partial charge in [-0.1, -0.05) is 18.2 Å². The molecule has 10 heteroatoms. The molecular weight excluding hydrogens is 404 g/mol. The van der Waals surface area contributed by atoms with Gasteiger partial charge >= 0.3 is 11.9 Å². The Kier molecular flexibility index (Phi) is 5.37. The van der Waals surface area contributed by atoms with Gasteiger partial charge in [0.2, 0.25) is 11.4 Å². The van der Waals surface area contributed by atoms with Gasteiger partial charge in [0.1, 0.15) is 11.4 Å². The quantitative estimate of drug-likeness (QED) is 0.300. The molecule has 0 aliphatic carbocycles. The molecule has 2 amide bonds. The molecule has 2 N–H and O–H groups in total. The van der Waals surface area contributed by atoms with Gasteiger partial charge in [0.25, 0.3) is 5.91 Å². The lowest BCUT2D eigenvalue weighted by molar-refractivity contribution is -0.180. The number of benzene rings is 1. The fraction of sp³-hybridized carbons (Fsp3) is 0.444. The van der Waals surface area contributed by atoms with Crippen LogP contribution in [0.15, 0.2) is 35.2 Å². The van der Waals surface area contributed by atoms with Crippen LogP contribution in [-0.4, -0.2) is 68.3 Å². The van der Waals surface area contributed by atoms with Gasteiger partial charge < -0.3 is 20.1 Å². The number of ether oxygens (including phenoxy) is 1. The van der Waals surface area contributed by atoms with Gasteiger partial charge in [0.05, 0.1) is 12.9 Å². The second-order valence-corrected chi connectivity index (χ2v) is 9.76. The molecule has 150 valence electrons. The summed E-state index contributed by atoms with van der Waals surface area (Å²) in [6.07, 6.45) is 0. The number of aliphatic carboxylic acids is 1. The zero-order valence-electron chi connectivity index (χ0n) is 15.5. The van der Waals surface area contributed by atoms with Crippen molar-refractivity contribution < 1.29 is 29.0 Å². The van der Waals surface area contributed by atoms with Gasteiger partial charge in [-0.3, -0.25) is 9.59 Å². The van der Waals surface area contributed by atoms with Crippen LogP contribution >= 0.6 is 23.5 Å². The van der Waals surface area contributed by atoms with Crippen molar-refractivity contribution >= 4 is 47.3 Å². The van der Waals surface area contributed by atoms with Crippen LogP contribution in [0.2, 0.25) is 0 Å². The van der Waals surface area contributed by atoms with E-state index in [2.05, 4.69) is 5.32 Å². The summed E-state index contributed by atoms with van der Waals surface area (Å²) in [6, 6.07) is 8.13. The molecule has 0 spiro atoms. The fourth-order valence-electron chi connectivity index (χ4n) is 3.50. The van der Waals surface area contributed by atoms with Crippen LogP contribution < -0.4 is 5.32 Å². The van der Waals surface area contributed by atoms with E-state index in [1.54, 1.807) is 13.8 Å². The zero-order valence-corrected chi connectivity index (χ0v) is 17.1. The molecule has 2 aliphatic heterocycles. The maximum Gasteiger partial charge on any atom is 0.344 e. The summed E-state index contributed by atoms with van der Waals surface area (Å²) in [4.78, 5) is 51.6. The Morgan fingerprint density at radius 3 is 2.50 bits per heavy atom. The van der Waals surface area contributed by atoms with Crippen molar-refractivity contribution in [1.29, 1.82) is 0 Å². The number of nitrogens with zero attached hydrogens (tertiary/aromatic N) is 1. The minimum Gasteiger partial charge on any atom is -0.480 e. The van der Waals surface area contributed by atoms with Gasteiger partial charge in [0.15, 0.2) is 0 Å². The molecule has 0 aromatic heterocycles. The maximum absolute atomic E-state index is 12.9. The minimum atomic E-state index is -1.91. The van der Waals surface area contributed by atoms with Gasteiger partial charge in [-0.25, -0.2) is 9.59 Å². The smallest absolute Gasteiger partial charge is 0.344 e. The van der Waals surface area contributed by atoms with E-state index in [1.165, 1.54) is 23.5 Å². The number of carboxylic acids is 1. The molecule has 2 aliphatic rings. The summed E-state index contributed by atoms with van der Waals surface area (Å²) in [5.41, 5.74) is -1.91. The van der Waals surface area contributed by atoms with E-state index in [-0.39, 0.29) is 5.75 Å². The predicted molar refractivity (Wildman–Crippen MR) is 104 cm³/mol. The number of carbonyl (C=O) groups excluding carboxylic acids is 3. The highest BCUT2D eigenvalue weighted by atomic mass is 32.2. The number of methoxy groups -OCH3 is 1. The number of amides is 2. The first-order valence-corrected chi connectivity index (χ1v) is 10.3. The number of hydrogen-bond acceptors (Lipinski definition) is 7. The summed E-state index contributed by atoms with van der Waals surface area (Å²) >= 11 is 2.43. The summed E-state index contributed by atoms with van der Waals surface area (Å²) in [6.45, 7) is 3.38. The van der Waals surface area contributed by atoms with Crippen LogP contribution in [0.5, 0.6) is 0 Å². The average molecular weight is 425 g/mol. The van der Waals surface area contributed by atoms with E-state index in [1.807, 2.05) is 30.3 Å². The van der Waals surface area contributed by atoms with Gasteiger partial charge in [-0.05, 0) is 26.0 Å². The summed E-state index contributed by atoms with van der Waals surface area (Å²) in [5, 5.41) is 11.2. The number of carbonyl (C=O) groups is 4. The number of thioether (sulfide) groups is 2. The van der Waals surface area contributed by atoms with Crippen LogP contribution in [0.3, 0.4) is 0 Å². The molecule has 8 nitrogen and oxygen atoms in total. The number of β-lactam (4-membered cyclic amide) rings is 1. The zero-order chi connectivity index (χ0) is 20.7. The first-order valence-electron chi connectivity index (χ1n) is 8.46. The second kappa shape index (κ2) is 7.32. The molecular formula is C18H20N2O6S2. The maximum atomic E-state index is 12.9. The van der Waals surface area contributed by atoms with Gasteiger partial charge in [0, 0.05) is 9.64 Å². The lowest BCUT2D eigenvalue weighted by Gasteiger charge is -2.50. The molecule has 28 heavy (non-hydrogen) atoms. The number of fused-ring (bicyclic) bond motifs is 1. The Bertz CT molecular complexity index is 831. The van der Waals surface area contributed by atoms with E-state index in [0.717, 1.165) is 16.9 Å². The first-order chi connectivity index (χ1) is 13.1. The highest BCUT2D eigenvalue weighted by molar-refractivity contribution is 8.01. The SMILES string of the molecule is COC(=O)[C@]1(NC(=O)CSc2ccccc2)C(=O)N2[C@@H](C(=O)O)C(C)(C)S[C@@H]21. The molecule has 3 atom stereocenters. The molecule has 2 heterocycles. The largest absolute Gasteiger partial charge is 0.480 e. The van der Waals surface area contributed by atoms with Crippen molar-refractivity contribution in [2.24, 2.45) is 0 Å². The highest BCUT2D eigenvalue weighted by Crippen LogP contribution is 2.55. The third-order valence-electron chi connectivity index (χ3n) is 4.74. The highest BCUT2D eigenvalue weighted by Gasteiger charge is 2.76. The molecule has 2 fully saturated rings. The van der Waals surface area contributed by atoms with Crippen LogP contribution in [-0.2, 0) is 23.9 Å². The van der Waals surface area contributed by atoms with E-state index in [4.69, 9.17) is 4.74 Å². The van der Waals surface area contributed by atoms with Crippen molar-refractivity contribution in [3.05, 3.63) is 30.3 Å². The van der Waals surface area contributed by atoms with Gasteiger partial charge in [-0.2, -0.15) is 0 Å². The molecule has 0 saturated carbocycles. The van der Waals surface area contributed by atoms with E-state index in [9.17, 15) is 24.3 Å². The van der Waals surface area contributed by atoms with Crippen LogP contribution in [0.25, 0.3) is 0 Å².